The highest BCUT2D eigenvalue weighted by atomic mass is 35.5. The number of nitrogen functional groups attached to an aromatic ring is 1. The van der Waals surface area contributed by atoms with Gasteiger partial charge in [-0.25, -0.2) is 5.43 Å². The number of hydrazone groups is 1. The first kappa shape index (κ1) is 16.8. The Labute approximate surface area is 105 Å². The van der Waals surface area contributed by atoms with Crippen molar-refractivity contribution in [2.24, 2.45) is 10.8 Å². The van der Waals surface area contributed by atoms with Gasteiger partial charge in [-0.2, -0.15) is 5.10 Å². The van der Waals surface area contributed by atoms with Crippen LogP contribution in [0.4, 0.5) is 5.69 Å². The predicted molar refractivity (Wildman–Crippen MR) is 69.7 cm³/mol. The zero-order valence-electron chi connectivity index (χ0n) is 8.18. The molecule has 0 fully saturated rings. The summed E-state index contributed by atoms with van der Waals surface area (Å²) in [6, 6.07) is 4.50. The Morgan fingerprint density at radius 2 is 2.06 bits per heavy atom. The van der Waals surface area contributed by atoms with E-state index in [2.05, 4.69) is 10.5 Å². The SMILES string of the molecule is Cl.Cl.N=C(N)N/N=C/c1cc(O)ccc1N. The van der Waals surface area contributed by atoms with E-state index in [9.17, 15) is 0 Å². The van der Waals surface area contributed by atoms with Gasteiger partial charge in [-0.3, -0.25) is 5.41 Å². The van der Waals surface area contributed by atoms with E-state index in [0.29, 0.717) is 11.3 Å². The molecule has 8 heteroatoms. The van der Waals surface area contributed by atoms with Crippen LogP contribution in [-0.2, 0) is 0 Å². The van der Waals surface area contributed by atoms with Gasteiger partial charge in [0, 0.05) is 11.3 Å². The minimum Gasteiger partial charge on any atom is -0.508 e. The van der Waals surface area contributed by atoms with Crippen LogP contribution in [0, 0.1) is 5.41 Å². The van der Waals surface area contributed by atoms with E-state index in [0.717, 1.165) is 0 Å². The molecule has 1 rings (SSSR count). The van der Waals surface area contributed by atoms with E-state index in [4.69, 9.17) is 22.0 Å². The van der Waals surface area contributed by atoms with Crippen LogP contribution in [0.2, 0.25) is 0 Å². The molecule has 0 aliphatic carbocycles. The van der Waals surface area contributed by atoms with E-state index in [-0.39, 0.29) is 36.5 Å². The lowest BCUT2D eigenvalue weighted by Crippen LogP contribution is -2.25. The van der Waals surface area contributed by atoms with Crippen LogP contribution in [0.3, 0.4) is 0 Å². The van der Waals surface area contributed by atoms with Gasteiger partial charge in [0.25, 0.3) is 0 Å². The Hall–Kier alpha value is -1.66. The third-order valence-electron chi connectivity index (χ3n) is 1.46. The molecule has 0 bridgehead atoms. The molecule has 0 unspecified atom stereocenters. The van der Waals surface area contributed by atoms with Gasteiger partial charge in [-0.1, -0.05) is 0 Å². The molecular weight excluding hydrogens is 253 g/mol. The predicted octanol–water partition coefficient (Wildman–Crippen LogP) is 0.635. The standard InChI is InChI=1S/C8H11N5O.2ClH/c9-7-2-1-6(14)3-5(7)4-12-13-8(10)11;;/h1-4,14H,9H2,(H4,10,11,13);2*1H/b12-4+;;. The topological polar surface area (TPSA) is 121 Å². The highest BCUT2D eigenvalue weighted by Gasteiger charge is 1.96. The van der Waals surface area contributed by atoms with Crippen molar-refractivity contribution in [3.8, 4) is 5.75 Å². The molecule has 1 aromatic rings. The van der Waals surface area contributed by atoms with E-state index < -0.39 is 0 Å². The van der Waals surface area contributed by atoms with Gasteiger partial charge < -0.3 is 16.6 Å². The summed E-state index contributed by atoms with van der Waals surface area (Å²) in [6.07, 6.45) is 1.37. The number of hydrogen-bond donors (Lipinski definition) is 5. The average Bonchev–Trinajstić information content (AvgIpc) is 2.10. The second-order valence-corrected chi connectivity index (χ2v) is 2.60. The van der Waals surface area contributed by atoms with Crippen molar-refractivity contribution in [1.82, 2.24) is 5.43 Å². The maximum Gasteiger partial charge on any atom is 0.206 e. The number of phenolic OH excluding ortho intramolecular Hbond substituents is 1. The molecule has 0 spiro atoms. The van der Waals surface area contributed by atoms with Crippen LogP contribution < -0.4 is 16.9 Å². The number of hydrogen-bond acceptors (Lipinski definition) is 4. The van der Waals surface area contributed by atoms with Crippen LogP contribution in [0.5, 0.6) is 5.75 Å². The van der Waals surface area contributed by atoms with Crippen molar-refractivity contribution >= 4 is 42.7 Å². The fraction of sp³-hybridized carbons (Fsp3) is 0. The summed E-state index contributed by atoms with van der Waals surface area (Å²) < 4.78 is 0. The number of aromatic hydroxyl groups is 1. The summed E-state index contributed by atoms with van der Waals surface area (Å²) in [4.78, 5) is 0. The van der Waals surface area contributed by atoms with Gasteiger partial charge in [-0.05, 0) is 18.2 Å². The molecule has 7 N–H and O–H groups in total. The molecule has 0 saturated carbocycles. The second-order valence-electron chi connectivity index (χ2n) is 2.60. The molecule has 0 aliphatic heterocycles. The number of phenols is 1. The van der Waals surface area contributed by atoms with E-state index in [1.807, 2.05) is 0 Å². The first-order valence-corrected chi connectivity index (χ1v) is 3.81. The number of benzene rings is 1. The van der Waals surface area contributed by atoms with Crippen LogP contribution in [0.25, 0.3) is 0 Å². The van der Waals surface area contributed by atoms with Crippen LogP contribution in [-0.4, -0.2) is 17.3 Å². The van der Waals surface area contributed by atoms with E-state index in [1.54, 1.807) is 6.07 Å². The Bertz CT molecular complexity index is 383. The lowest BCUT2D eigenvalue weighted by Gasteiger charge is -2.00. The van der Waals surface area contributed by atoms with E-state index in [1.165, 1.54) is 18.3 Å². The molecule has 0 radical (unpaired) electrons. The maximum atomic E-state index is 9.14. The summed E-state index contributed by atoms with van der Waals surface area (Å²) in [6.45, 7) is 0. The third kappa shape index (κ3) is 5.28. The average molecular weight is 266 g/mol. The molecule has 0 atom stereocenters. The lowest BCUT2D eigenvalue weighted by atomic mass is 10.2. The van der Waals surface area contributed by atoms with Crippen molar-refractivity contribution < 1.29 is 5.11 Å². The van der Waals surface area contributed by atoms with Crippen LogP contribution >= 0.6 is 24.8 Å². The minimum atomic E-state index is -0.264. The molecule has 0 aromatic heterocycles. The van der Waals surface area contributed by atoms with Crippen molar-refractivity contribution in [2.45, 2.75) is 0 Å². The maximum absolute atomic E-state index is 9.14. The van der Waals surface area contributed by atoms with E-state index >= 15 is 0 Å². The van der Waals surface area contributed by atoms with Crippen molar-refractivity contribution in [1.29, 1.82) is 5.41 Å². The van der Waals surface area contributed by atoms with Gasteiger partial charge in [-0.15, -0.1) is 24.8 Å². The van der Waals surface area contributed by atoms with Crippen molar-refractivity contribution in [3.63, 3.8) is 0 Å². The van der Waals surface area contributed by atoms with Crippen LogP contribution in [0.15, 0.2) is 23.3 Å². The minimum absolute atomic E-state index is 0. The Kier molecular flexibility index (Phi) is 7.97. The van der Waals surface area contributed by atoms with Gasteiger partial charge in [0.15, 0.2) is 0 Å². The highest BCUT2D eigenvalue weighted by molar-refractivity contribution is 5.88. The molecule has 0 aliphatic rings. The number of halogens is 2. The number of anilines is 1. The summed E-state index contributed by atoms with van der Waals surface area (Å²) in [5, 5.41) is 19.6. The largest absolute Gasteiger partial charge is 0.508 e. The molecule has 1 aromatic carbocycles. The zero-order chi connectivity index (χ0) is 10.6. The monoisotopic (exact) mass is 265 g/mol. The second kappa shape index (κ2) is 7.61. The number of nitrogens with one attached hydrogen (secondary N) is 2. The highest BCUT2D eigenvalue weighted by Crippen LogP contribution is 2.16. The fourth-order valence-electron chi connectivity index (χ4n) is 0.845. The van der Waals surface area contributed by atoms with Crippen molar-refractivity contribution in [3.05, 3.63) is 23.8 Å². The molecule has 90 valence electrons. The Morgan fingerprint density at radius 1 is 1.44 bits per heavy atom. The first-order chi connectivity index (χ1) is 6.59. The number of nitrogens with two attached hydrogens (primary N) is 2. The van der Waals surface area contributed by atoms with Gasteiger partial charge in [0.1, 0.15) is 5.75 Å². The Balaban J connectivity index is 0. The van der Waals surface area contributed by atoms with Crippen molar-refractivity contribution in [2.75, 3.05) is 5.73 Å². The third-order valence-corrected chi connectivity index (χ3v) is 1.46. The van der Waals surface area contributed by atoms with Crippen LogP contribution in [0.1, 0.15) is 5.56 Å². The Morgan fingerprint density at radius 3 is 2.62 bits per heavy atom. The molecule has 0 heterocycles. The number of guanidine groups is 1. The number of rotatable bonds is 2. The molecule has 16 heavy (non-hydrogen) atoms. The quantitative estimate of drug-likeness (QED) is 0.177. The van der Waals surface area contributed by atoms with Gasteiger partial charge in [0.05, 0.1) is 6.21 Å². The van der Waals surface area contributed by atoms with Gasteiger partial charge >= 0.3 is 0 Å². The first-order valence-electron chi connectivity index (χ1n) is 3.81. The fourth-order valence-corrected chi connectivity index (χ4v) is 0.845. The molecule has 0 amide bonds. The lowest BCUT2D eigenvalue weighted by molar-refractivity contribution is 0.475. The smallest absolute Gasteiger partial charge is 0.206 e. The normalized spacial score (nSPS) is 9.00. The number of nitrogens with zero attached hydrogens (tertiary/aromatic N) is 1. The molecule has 6 nitrogen and oxygen atoms in total. The van der Waals surface area contributed by atoms with Gasteiger partial charge in [0.2, 0.25) is 5.96 Å². The molecular formula is C8H13Cl2N5O. The summed E-state index contributed by atoms with van der Waals surface area (Å²) >= 11 is 0. The summed E-state index contributed by atoms with van der Waals surface area (Å²) in [5.41, 5.74) is 13.9. The summed E-state index contributed by atoms with van der Waals surface area (Å²) in [5.74, 6) is -0.163. The summed E-state index contributed by atoms with van der Waals surface area (Å²) in [7, 11) is 0. The zero-order valence-corrected chi connectivity index (χ0v) is 9.81. The molecule has 0 saturated heterocycles.